The highest BCUT2D eigenvalue weighted by Crippen LogP contribution is 2.16. The van der Waals surface area contributed by atoms with Crippen molar-refractivity contribution in [3.05, 3.63) is 57.8 Å². The van der Waals surface area contributed by atoms with Crippen LogP contribution in [-0.4, -0.2) is 18.5 Å². The number of rotatable bonds is 4. The van der Waals surface area contributed by atoms with Gasteiger partial charge in [-0.25, -0.2) is 0 Å². The maximum atomic E-state index is 12.2. The summed E-state index contributed by atoms with van der Waals surface area (Å²) in [4.78, 5) is 13.5. The Labute approximate surface area is 123 Å². The first-order chi connectivity index (χ1) is 9.83. The molecule has 1 aromatic heterocycles. The highest BCUT2D eigenvalue weighted by Gasteiger charge is 2.23. The lowest BCUT2D eigenvalue weighted by Gasteiger charge is -2.25. The van der Waals surface area contributed by atoms with Gasteiger partial charge in [-0.2, -0.15) is 0 Å². The molecular weight excluding hydrogens is 268 g/mol. The van der Waals surface area contributed by atoms with Gasteiger partial charge in [-0.15, -0.1) is 11.3 Å². The van der Waals surface area contributed by atoms with Gasteiger partial charge in [0.05, 0.1) is 6.04 Å². The summed E-state index contributed by atoms with van der Waals surface area (Å²) in [6, 6.07) is 12.4. The van der Waals surface area contributed by atoms with Gasteiger partial charge in [-0.05, 0) is 35.4 Å². The second kappa shape index (κ2) is 6.20. The third-order valence-electron chi connectivity index (χ3n) is 3.65. The molecule has 0 radical (unpaired) electrons. The van der Waals surface area contributed by atoms with Crippen LogP contribution in [0.15, 0.2) is 41.8 Å². The van der Waals surface area contributed by atoms with Gasteiger partial charge < -0.3 is 10.6 Å². The average Bonchev–Trinajstić information content (AvgIpc) is 3.00. The van der Waals surface area contributed by atoms with Crippen molar-refractivity contribution in [3.8, 4) is 0 Å². The normalized spacial score (nSPS) is 17.5. The summed E-state index contributed by atoms with van der Waals surface area (Å²) in [6.07, 6.45) is 1.69. The molecule has 2 N–H and O–H groups in total. The fraction of sp³-hybridized carbons (Fsp3) is 0.312. The predicted molar refractivity (Wildman–Crippen MR) is 81.8 cm³/mol. The molecule has 104 valence electrons. The minimum atomic E-state index is -0.103. The number of hydrogen-bond donors (Lipinski definition) is 2. The van der Waals surface area contributed by atoms with E-state index in [-0.39, 0.29) is 11.9 Å². The first-order valence-corrected chi connectivity index (χ1v) is 7.81. The molecule has 1 atom stereocenters. The molecule has 3 rings (SSSR count). The van der Waals surface area contributed by atoms with Crippen molar-refractivity contribution in [2.45, 2.75) is 25.4 Å². The largest absolute Gasteiger partial charge is 0.354 e. The minimum absolute atomic E-state index is 0.103. The summed E-state index contributed by atoms with van der Waals surface area (Å²) in [5, 5.41) is 8.40. The number of thiophene rings is 1. The van der Waals surface area contributed by atoms with Gasteiger partial charge in [0.25, 0.3) is 0 Å². The molecule has 0 unspecified atom stereocenters. The Morgan fingerprint density at radius 2 is 2.10 bits per heavy atom. The predicted octanol–water partition coefficient (Wildman–Crippen LogP) is 2.12. The molecule has 0 spiro atoms. The van der Waals surface area contributed by atoms with Crippen molar-refractivity contribution in [2.75, 3.05) is 6.54 Å². The van der Waals surface area contributed by atoms with E-state index < -0.39 is 0 Å². The molecule has 0 aliphatic carbocycles. The lowest BCUT2D eigenvalue weighted by atomic mass is 9.95. The molecule has 0 bridgehead atoms. The van der Waals surface area contributed by atoms with Crippen LogP contribution >= 0.6 is 11.3 Å². The Bertz CT molecular complexity index is 580. The highest BCUT2D eigenvalue weighted by molar-refractivity contribution is 7.09. The molecule has 0 fully saturated rings. The molecule has 1 aliphatic rings. The van der Waals surface area contributed by atoms with Crippen molar-refractivity contribution in [2.24, 2.45) is 0 Å². The summed E-state index contributed by atoms with van der Waals surface area (Å²) >= 11 is 1.73. The summed E-state index contributed by atoms with van der Waals surface area (Å²) in [7, 11) is 0. The third-order valence-corrected chi connectivity index (χ3v) is 4.58. The van der Waals surface area contributed by atoms with Crippen LogP contribution in [0.5, 0.6) is 0 Å². The average molecular weight is 286 g/mol. The van der Waals surface area contributed by atoms with E-state index >= 15 is 0 Å². The van der Waals surface area contributed by atoms with E-state index in [1.165, 1.54) is 16.0 Å². The fourth-order valence-electron chi connectivity index (χ4n) is 2.53. The lowest BCUT2D eigenvalue weighted by molar-refractivity contribution is -0.123. The first kappa shape index (κ1) is 13.3. The Balaban J connectivity index is 1.51. The van der Waals surface area contributed by atoms with E-state index in [1.807, 2.05) is 18.2 Å². The minimum Gasteiger partial charge on any atom is -0.354 e. The van der Waals surface area contributed by atoms with E-state index in [0.29, 0.717) is 6.54 Å². The van der Waals surface area contributed by atoms with Gasteiger partial charge in [-0.3, -0.25) is 4.79 Å². The molecule has 2 aromatic rings. The Morgan fingerprint density at radius 1 is 1.25 bits per heavy atom. The molecule has 3 nitrogen and oxygen atoms in total. The topological polar surface area (TPSA) is 41.1 Å². The molecule has 0 saturated heterocycles. The summed E-state index contributed by atoms with van der Waals surface area (Å²) in [5.41, 5.74) is 2.58. The molecule has 1 aliphatic heterocycles. The van der Waals surface area contributed by atoms with Crippen molar-refractivity contribution in [1.29, 1.82) is 0 Å². The molecule has 0 saturated carbocycles. The van der Waals surface area contributed by atoms with E-state index in [0.717, 1.165) is 19.4 Å². The number of carbonyl (C=O) groups is 1. The van der Waals surface area contributed by atoms with Gasteiger partial charge in [0.1, 0.15) is 0 Å². The van der Waals surface area contributed by atoms with E-state index in [4.69, 9.17) is 0 Å². The zero-order valence-electron chi connectivity index (χ0n) is 11.3. The number of carbonyl (C=O) groups excluding carboxylic acids is 1. The highest BCUT2D eigenvalue weighted by atomic mass is 32.1. The fourth-order valence-corrected chi connectivity index (χ4v) is 3.24. The molecular formula is C16H18N2OS. The van der Waals surface area contributed by atoms with Crippen molar-refractivity contribution in [1.82, 2.24) is 10.6 Å². The van der Waals surface area contributed by atoms with Gasteiger partial charge in [0, 0.05) is 18.0 Å². The van der Waals surface area contributed by atoms with E-state index in [9.17, 15) is 4.79 Å². The van der Waals surface area contributed by atoms with Crippen LogP contribution in [0.4, 0.5) is 0 Å². The molecule has 2 heterocycles. The summed E-state index contributed by atoms with van der Waals surface area (Å²) in [6.45, 7) is 1.48. The van der Waals surface area contributed by atoms with Gasteiger partial charge in [0.2, 0.25) is 5.91 Å². The van der Waals surface area contributed by atoms with Gasteiger partial charge in [-0.1, -0.05) is 30.3 Å². The zero-order chi connectivity index (χ0) is 13.8. The Kier molecular flexibility index (Phi) is 4.14. The maximum absolute atomic E-state index is 12.2. The smallest absolute Gasteiger partial charge is 0.237 e. The van der Waals surface area contributed by atoms with Crippen molar-refractivity contribution in [3.63, 3.8) is 0 Å². The van der Waals surface area contributed by atoms with E-state index in [2.05, 4.69) is 34.2 Å². The van der Waals surface area contributed by atoms with Crippen LogP contribution in [0, 0.1) is 0 Å². The quantitative estimate of drug-likeness (QED) is 0.904. The molecule has 1 amide bonds. The second-order valence-corrected chi connectivity index (χ2v) is 6.06. The van der Waals surface area contributed by atoms with E-state index in [1.54, 1.807) is 11.3 Å². The van der Waals surface area contributed by atoms with Gasteiger partial charge in [0.15, 0.2) is 0 Å². The van der Waals surface area contributed by atoms with Crippen LogP contribution in [0.1, 0.15) is 16.0 Å². The van der Waals surface area contributed by atoms with Crippen LogP contribution in [-0.2, 0) is 24.2 Å². The van der Waals surface area contributed by atoms with Crippen molar-refractivity contribution < 1.29 is 4.79 Å². The summed E-state index contributed by atoms with van der Waals surface area (Å²) < 4.78 is 0. The number of benzene rings is 1. The van der Waals surface area contributed by atoms with Crippen LogP contribution in [0.25, 0.3) is 0 Å². The first-order valence-electron chi connectivity index (χ1n) is 6.93. The van der Waals surface area contributed by atoms with Gasteiger partial charge >= 0.3 is 0 Å². The number of nitrogens with one attached hydrogen (secondary N) is 2. The zero-order valence-corrected chi connectivity index (χ0v) is 12.1. The molecule has 1 aromatic carbocycles. The third kappa shape index (κ3) is 3.08. The molecule has 4 heteroatoms. The standard InChI is InChI=1S/C16H18N2OS/c19-16(17-8-7-14-6-3-9-20-14)15-10-12-4-1-2-5-13(12)11-18-15/h1-6,9,15,18H,7-8,10-11H2,(H,17,19)/t15-/m0/s1. The van der Waals surface area contributed by atoms with Crippen LogP contribution < -0.4 is 10.6 Å². The van der Waals surface area contributed by atoms with Crippen LogP contribution in [0.3, 0.4) is 0 Å². The van der Waals surface area contributed by atoms with Crippen LogP contribution in [0.2, 0.25) is 0 Å². The van der Waals surface area contributed by atoms with Crippen molar-refractivity contribution >= 4 is 17.2 Å². The monoisotopic (exact) mass is 286 g/mol. The number of amides is 1. The summed E-state index contributed by atoms with van der Waals surface area (Å²) in [5.74, 6) is 0.107. The Hall–Kier alpha value is -1.65. The maximum Gasteiger partial charge on any atom is 0.237 e. The second-order valence-electron chi connectivity index (χ2n) is 5.03. The number of fused-ring (bicyclic) bond motifs is 1. The lowest BCUT2D eigenvalue weighted by Crippen LogP contribution is -2.48. The Morgan fingerprint density at radius 3 is 2.90 bits per heavy atom. The SMILES string of the molecule is O=C(NCCc1cccs1)[C@@H]1Cc2ccccc2CN1. The molecule has 20 heavy (non-hydrogen) atoms. The number of hydrogen-bond acceptors (Lipinski definition) is 3.